The Morgan fingerprint density at radius 3 is 1.47 bits per heavy atom. The zero-order valence-electron chi connectivity index (χ0n) is 10.9. The molecular formula is C18H18S. The van der Waals surface area contributed by atoms with Crippen LogP contribution in [0, 0.1) is 0 Å². The SMILES string of the molecule is C(=C/c1ccccc1)/CSC/C=C\c1ccccc1. The first-order valence-electron chi connectivity index (χ1n) is 6.46. The lowest BCUT2D eigenvalue weighted by Gasteiger charge is -1.94. The molecule has 0 radical (unpaired) electrons. The topological polar surface area (TPSA) is 0 Å². The fourth-order valence-electron chi connectivity index (χ4n) is 1.70. The van der Waals surface area contributed by atoms with Crippen LogP contribution < -0.4 is 0 Å². The molecule has 0 nitrogen and oxygen atoms in total. The van der Waals surface area contributed by atoms with Crippen LogP contribution in [0.2, 0.25) is 0 Å². The minimum absolute atomic E-state index is 1.05. The van der Waals surface area contributed by atoms with Gasteiger partial charge < -0.3 is 0 Å². The Balaban J connectivity index is 1.65. The molecular weight excluding hydrogens is 248 g/mol. The van der Waals surface area contributed by atoms with Crippen LogP contribution in [-0.2, 0) is 0 Å². The van der Waals surface area contributed by atoms with Gasteiger partial charge in [0.15, 0.2) is 0 Å². The average molecular weight is 266 g/mol. The van der Waals surface area contributed by atoms with Crippen molar-refractivity contribution in [1.82, 2.24) is 0 Å². The quantitative estimate of drug-likeness (QED) is 0.652. The maximum absolute atomic E-state index is 2.22. The van der Waals surface area contributed by atoms with Gasteiger partial charge in [-0.1, -0.05) is 85.0 Å². The molecule has 0 aromatic heterocycles. The number of thioether (sulfide) groups is 1. The Labute approximate surface area is 119 Å². The number of rotatable bonds is 6. The van der Waals surface area contributed by atoms with E-state index in [2.05, 4.69) is 72.8 Å². The lowest BCUT2D eigenvalue weighted by Crippen LogP contribution is -1.76. The van der Waals surface area contributed by atoms with Gasteiger partial charge in [-0.05, 0) is 11.1 Å². The summed E-state index contributed by atoms with van der Waals surface area (Å²) < 4.78 is 0. The standard InChI is InChI=1S/C18H18S/c1-3-9-17(10-4-1)13-7-15-19-16-8-14-18-11-5-2-6-12-18/h1-14H,15-16H2/b13-7-,14-8-. The number of hydrogen-bond donors (Lipinski definition) is 0. The normalized spacial score (nSPS) is 11.4. The van der Waals surface area contributed by atoms with Gasteiger partial charge in [-0.15, -0.1) is 0 Å². The van der Waals surface area contributed by atoms with E-state index in [1.807, 2.05) is 23.9 Å². The highest BCUT2D eigenvalue weighted by molar-refractivity contribution is 7.99. The van der Waals surface area contributed by atoms with Crippen molar-refractivity contribution in [3.05, 3.63) is 83.9 Å². The Morgan fingerprint density at radius 1 is 0.632 bits per heavy atom. The van der Waals surface area contributed by atoms with Gasteiger partial charge in [-0.25, -0.2) is 0 Å². The second-order valence-corrected chi connectivity index (χ2v) is 5.24. The van der Waals surface area contributed by atoms with E-state index in [9.17, 15) is 0 Å². The molecule has 0 atom stereocenters. The van der Waals surface area contributed by atoms with E-state index >= 15 is 0 Å². The lowest BCUT2D eigenvalue weighted by molar-refractivity contribution is 1.64. The fourth-order valence-corrected chi connectivity index (χ4v) is 2.30. The van der Waals surface area contributed by atoms with Crippen molar-refractivity contribution in [2.24, 2.45) is 0 Å². The number of benzene rings is 2. The van der Waals surface area contributed by atoms with Crippen molar-refractivity contribution in [3.63, 3.8) is 0 Å². The van der Waals surface area contributed by atoms with E-state index in [4.69, 9.17) is 0 Å². The second-order valence-electron chi connectivity index (χ2n) is 4.16. The van der Waals surface area contributed by atoms with Crippen molar-refractivity contribution >= 4 is 23.9 Å². The van der Waals surface area contributed by atoms with E-state index < -0.39 is 0 Å². The molecule has 0 aliphatic carbocycles. The van der Waals surface area contributed by atoms with E-state index in [-0.39, 0.29) is 0 Å². The van der Waals surface area contributed by atoms with Crippen molar-refractivity contribution in [2.45, 2.75) is 0 Å². The molecule has 0 amide bonds. The maximum Gasteiger partial charge on any atom is 0.0119 e. The van der Waals surface area contributed by atoms with Gasteiger partial charge in [-0.2, -0.15) is 11.8 Å². The van der Waals surface area contributed by atoms with Gasteiger partial charge in [0.2, 0.25) is 0 Å². The predicted octanol–water partition coefficient (Wildman–Crippen LogP) is 5.15. The summed E-state index contributed by atoms with van der Waals surface area (Å²) in [5.41, 5.74) is 2.53. The highest BCUT2D eigenvalue weighted by Gasteiger charge is 1.85. The van der Waals surface area contributed by atoms with Crippen LogP contribution in [0.4, 0.5) is 0 Å². The third-order valence-corrected chi connectivity index (χ3v) is 3.50. The smallest absolute Gasteiger partial charge is 0.0119 e. The maximum atomic E-state index is 2.22. The molecule has 96 valence electrons. The van der Waals surface area contributed by atoms with Crippen molar-refractivity contribution in [2.75, 3.05) is 11.5 Å². The summed E-state index contributed by atoms with van der Waals surface area (Å²) in [6, 6.07) is 20.8. The Bertz CT molecular complexity index is 462. The average Bonchev–Trinajstić information content (AvgIpc) is 2.48. The molecule has 2 rings (SSSR count). The summed E-state index contributed by atoms with van der Waals surface area (Å²) >= 11 is 1.92. The second kappa shape index (κ2) is 8.39. The summed E-state index contributed by atoms with van der Waals surface area (Å²) in [5.74, 6) is 2.10. The molecule has 0 aliphatic heterocycles. The summed E-state index contributed by atoms with van der Waals surface area (Å²) in [6.45, 7) is 0. The van der Waals surface area contributed by atoms with E-state index in [0.717, 1.165) is 11.5 Å². The van der Waals surface area contributed by atoms with Crippen LogP contribution in [-0.4, -0.2) is 11.5 Å². The van der Waals surface area contributed by atoms with Gasteiger partial charge >= 0.3 is 0 Å². The summed E-state index contributed by atoms with van der Waals surface area (Å²) in [7, 11) is 0. The molecule has 0 fully saturated rings. The van der Waals surface area contributed by atoms with E-state index in [1.165, 1.54) is 11.1 Å². The Kier molecular flexibility index (Phi) is 6.04. The third kappa shape index (κ3) is 5.62. The monoisotopic (exact) mass is 266 g/mol. The molecule has 0 aliphatic rings. The van der Waals surface area contributed by atoms with E-state index in [1.54, 1.807) is 0 Å². The minimum atomic E-state index is 1.05. The molecule has 0 unspecified atom stereocenters. The summed E-state index contributed by atoms with van der Waals surface area (Å²) in [4.78, 5) is 0. The zero-order chi connectivity index (χ0) is 13.2. The molecule has 0 saturated carbocycles. The summed E-state index contributed by atoms with van der Waals surface area (Å²) in [5, 5.41) is 0. The lowest BCUT2D eigenvalue weighted by atomic mass is 10.2. The molecule has 0 bridgehead atoms. The molecule has 2 aromatic carbocycles. The third-order valence-electron chi connectivity index (χ3n) is 2.65. The highest BCUT2D eigenvalue weighted by Crippen LogP contribution is 2.07. The first kappa shape index (κ1) is 13.7. The van der Waals surface area contributed by atoms with Gasteiger partial charge in [-0.3, -0.25) is 0 Å². The van der Waals surface area contributed by atoms with Crippen LogP contribution in [0.25, 0.3) is 12.2 Å². The Morgan fingerprint density at radius 2 is 1.05 bits per heavy atom. The van der Waals surface area contributed by atoms with Gasteiger partial charge in [0.1, 0.15) is 0 Å². The van der Waals surface area contributed by atoms with Crippen LogP contribution in [0.5, 0.6) is 0 Å². The van der Waals surface area contributed by atoms with E-state index in [0.29, 0.717) is 0 Å². The molecule has 0 saturated heterocycles. The molecule has 19 heavy (non-hydrogen) atoms. The van der Waals surface area contributed by atoms with Crippen LogP contribution in [0.3, 0.4) is 0 Å². The van der Waals surface area contributed by atoms with Gasteiger partial charge in [0, 0.05) is 11.5 Å². The highest BCUT2D eigenvalue weighted by atomic mass is 32.2. The van der Waals surface area contributed by atoms with Gasteiger partial charge in [0.25, 0.3) is 0 Å². The largest absolute Gasteiger partial charge is 0.154 e. The molecule has 2 aromatic rings. The van der Waals surface area contributed by atoms with Crippen molar-refractivity contribution in [1.29, 1.82) is 0 Å². The van der Waals surface area contributed by atoms with Crippen molar-refractivity contribution in [3.8, 4) is 0 Å². The first-order chi connectivity index (χ1) is 9.45. The van der Waals surface area contributed by atoms with Gasteiger partial charge in [0.05, 0.1) is 0 Å². The minimum Gasteiger partial charge on any atom is -0.154 e. The zero-order valence-corrected chi connectivity index (χ0v) is 11.7. The molecule has 1 heteroatoms. The summed E-state index contributed by atoms with van der Waals surface area (Å²) in [6.07, 6.45) is 8.79. The number of hydrogen-bond acceptors (Lipinski definition) is 1. The fraction of sp³-hybridized carbons (Fsp3) is 0.111. The predicted molar refractivity (Wildman–Crippen MR) is 88.3 cm³/mol. The van der Waals surface area contributed by atoms with Crippen LogP contribution >= 0.6 is 11.8 Å². The molecule has 0 heterocycles. The molecule has 0 spiro atoms. The first-order valence-corrected chi connectivity index (χ1v) is 7.61. The molecule has 0 N–H and O–H groups in total. The van der Waals surface area contributed by atoms with Crippen molar-refractivity contribution < 1.29 is 0 Å². The Hall–Kier alpha value is -1.73. The van der Waals surface area contributed by atoms with Crippen LogP contribution in [0.15, 0.2) is 72.8 Å². The van der Waals surface area contributed by atoms with Crippen LogP contribution in [0.1, 0.15) is 11.1 Å².